The van der Waals surface area contributed by atoms with Gasteiger partial charge in [0.1, 0.15) is 18.1 Å². The van der Waals surface area contributed by atoms with Gasteiger partial charge in [-0.15, -0.1) is 0 Å². The van der Waals surface area contributed by atoms with E-state index < -0.39 is 0 Å². The molecule has 0 aliphatic heterocycles. The van der Waals surface area contributed by atoms with Crippen molar-refractivity contribution in [2.45, 2.75) is 53.7 Å². The summed E-state index contributed by atoms with van der Waals surface area (Å²) in [6.45, 7) is 10.9. The van der Waals surface area contributed by atoms with Crippen LogP contribution in [0, 0.1) is 20.8 Å². The first kappa shape index (κ1) is 20.7. The molecule has 0 saturated carbocycles. The summed E-state index contributed by atoms with van der Waals surface area (Å²) in [5.74, 6) is 1.85. The second-order valence-corrected chi connectivity index (χ2v) is 7.71. The number of aryl methyl sites for hydroxylation is 3. The highest BCUT2D eigenvalue weighted by Gasteiger charge is 2.15. The van der Waals surface area contributed by atoms with Crippen molar-refractivity contribution < 1.29 is 13.9 Å². The Kier molecular flexibility index (Phi) is 6.11. The van der Waals surface area contributed by atoms with Gasteiger partial charge in [-0.1, -0.05) is 26.0 Å². The van der Waals surface area contributed by atoms with E-state index >= 15 is 0 Å². The van der Waals surface area contributed by atoms with E-state index in [0.29, 0.717) is 18.2 Å². The van der Waals surface area contributed by atoms with Gasteiger partial charge in [-0.05, 0) is 56.0 Å². The molecule has 6 heteroatoms. The summed E-state index contributed by atoms with van der Waals surface area (Å²) in [6.07, 6.45) is 0. The smallest absolute Gasteiger partial charge is 0.287 e. The van der Waals surface area contributed by atoms with E-state index in [1.807, 2.05) is 38.6 Å². The molecule has 0 spiro atoms. The Labute approximate surface area is 171 Å². The van der Waals surface area contributed by atoms with E-state index in [2.05, 4.69) is 36.4 Å². The highest BCUT2D eigenvalue weighted by Crippen LogP contribution is 2.28. The molecule has 0 saturated heterocycles. The van der Waals surface area contributed by atoms with E-state index in [-0.39, 0.29) is 18.3 Å². The molecule has 1 aromatic carbocycles. The summed E-state index contributed by atoms with van der Waals surface area (Å²) in [7, 11) is 1.89. The van der Waals surface area contributed by atoms with E-state index in [4.69, 9.17) is 9.15 Å². The molecule has 2 aromatic heterocycles. The van der Waals surface area contributed by atoms with Crippen LogP contribution in [0.2, 0.25) is 0 Å². The number of carbonyl (C=O) groups excluding carboxylic acids is 1. The summed E-state index contributed by atoms with van der Waals surface area (Å²) >= 11 is 0. The topological polar surface area (TPSA) is 69.3 Å². The summed E-state index contributed by atoms with van der Waals surface area (Å²) in [5, 5.41) is 7.27. The fourth-order valence-corrected chi connectivity index (χ4v) is 3.30. The number of ether oxygens (including phenoxy) is 1. The lowest BCUT2D eigenvalue weighted by Crippen LogP contribution is -2.23. The van der Waals surface area contributed by atoms with Crippen LogP contribution in [0.4, 0.5) is 0 Å². The minimum atomic E-state index is -0.252. The molecular weight excluding hydrogens is 366 g/mol. The van der Waals surface area contributed by atoms with Gasteiger partial charge in [-0.2, -0.15) is 5.10 Å². The van der Waals surface area contributed by atoms with Crippen LogP contribution in [0.25, 0.3) is 0 Å². The normalized spacial score (nSPS) is 11.1. The SMILES string of the molecule is Cc1ccc(C(C)C)c(OCc2ccc(C(=O)NCc3c(C)nn(C)c3C)o2)c1. The molecule has 1 N–H and O–H groups in total. The van der Waals surface area contributed by atoms with Crippen LogP contribution in [0.1, 0.15) is 64.2 Å². The Bertz CT molecular complexity index is 1010. The highest BCUT2D eigenvalue weighted by molar-refractivity contribution is 5.91. The van der Waals surface area contributed by atoms with E-state index in [0.717, 1.165) is 33.8 Å². The third-order valence-corrected chi connectivity index (χ3v) is 5.13. The van der Waals surface area contributed by atoms with Crippen molar-refractivity contribution in [3.8, 4) is 5.75 Å². The zero-order valence-corrected chi connectivity index (χ0v) is 18.0. The molecular formula is C23H29N3O3. The van der Waals surface area contributed by atoms with Crippen molar-refractivity contribution in [1.82, 2.24) is 15.1 Å². The predicted octanol–water partition coefficient (Wildman–Crippen LogP) is 4.57. The Balaban J connectivity index is 1.62. The van der Waals surface area contributed by atoms with Crippen LogP contribution in [0.5, 0.6) is 5.75 Å². The number of aromatic nitrogens is 2. The Hall–Kier alpha value is -3.02. The number of nitrogens with zero attached hydrogens (tertiary/aromatic N) is 2. The van der Waals surface area contributed by atoms with Gasteiger partial charge in [-0.3, -0.25) is 9.48 Å². The molecule has 6 nitrogen and oxygen atoms in total. The second-order valence-electron chi connectivity index (χ2n) is 7.71. The van der Waals surface area contributed by atoms with Crippen LogP contribution < -0.4 is 10.1 Å². The maximum absolute atomic E-state index is 12.5. The average molecular weight is 396 g/mol. The first-order valence-corrected chi connectivity index (χ1v) is 9.85. The van der Waals surface area contributed by atoms with Crippen LogP contribution in [-0.4, -0.2) is 15.7 Å². The predicted molar refractivity (Wildman–Crippen MR) is 112 cm³/mol. The molecule has 0 bridgehead atoms. The van der Waals surface area contributed by atoms with Gasteiger partial charge >= 0.3 is 0 Å². The molecule has 29 heavy (non-hydrogen) atoms. The van der Waals surface area contributed by atoms with Crippen molar-refractivity contribution in [3.05, 3.63) is 69.9 Å². The lowest BCUT2D eigenvalue weighted by molar-refractivity contribution is 0.0919. The van der Waals surface area contributed by atoms with Gasteiger partial charge in [-0.25, -0.2) is 0 Å². The van der Waals surface area contributed by atoms with Gasteiger partial charge in [0.25, 0.3) is 5.91 Å². The lowest BCUT2D eigenvalue weighted by atomic mass is 10.0. The summed E-state index contributed by atoms with van der Waals surface area (Å²) in [5.41, 5.74) is 5.28. The Morgan fingerprint density at radius 1 is 1.21 bits per heavy atom. The fraction of sp³-hybridized carbons (Fsp3) is 0.391. The molecule has 0 aliphatic rings. The molecule has 2 heterocycles. The van der Waals surface area contributed by atoms with Gasteiger partial charge in [0.15, 0.2) is 5.76 Å². The third-order valence-electron chi connectivity index (χ3n) is 5.13. The van der Waals surface area contributed by atoms with E-state index in [9.17, 15) is 4.79 Å². The maximum atomic E-state index is 12.5. The van der Waals surface area contributed by atoms with Crippen LogP contribution in [0.15, 0.2) is 34.7 Å². The number of carbonyl (C=O) groups is 1. The quantitative estimate of drug-likeness (QED) is 0.636. The Morgan fingerprint density at radius 3 is 2.62 bits per heavy atom. The van der Waals surface area contributed by atoms with Gasteiger partial charge in [0, 0.05) is 24.8 Å². The zero-order valence-electron chi connectivity index (χ0n) is 18.0. The minimum absolute atomic E-state index is 0.252. The molecule has 0 radical (unpaired) electrons. The molecule has 0 unspecified atom stereocenters. The number of furan rings is 1. The van der Waals surface area contributed by atoms with Crippen molar-refractivity contribution in [2.24, 2.45) is 7.05 Å². The van der Waals surface area contributed by atoms with Crippen molar-refractivity contribution in [1.29, 1.82) is 0 Å². The van der Waals surface area contributed by atoms with Crippen LogP contribution in [-0.2, 0) is 20.2 Å². The molecule has 154 valence electrons. The molecule has 0 aliphatic carbocycles. The zero-order chi connectivity index (χ0) is 21.1. The summed E-state index contributed by atoms with van der Waals surface area (Å²) in [6, 6.07) is 9.67. The Morgan fingerprint density at radius 2 is 1.97 bits per heavy atom. The van der Waals surface area contributed by atoms with Gasteiger partial charge in [0.2, 0.25) is 0 Å². The molecule has 3 rings (SSSR count). The lowest BCUT2D eigenvalue weighted by Gasteiger charge is -2.14. The fourth-order valence-electron chi connectivity index (χ4n) is 3.30. The summed E-state index contributed by atoms with van der Waals surface area (Å²) < 4.78 is 13.5. The monoisotopic (exact) mass is 395 g/mol. The molecule has 3 aromatic rings. The minimum Gasteiger partial charge on any atom is -0.485 e. The average Bonchev–Trinajstić information content (AvgIpc) is 3.23. The molecule has 1 amide bonds. The highest BCUT2D eigenvalue weighted by atomic mass is 16.5. The largest absolute Gasteiger partial charge is 0.485 e. The maximum Gasteiger partial charge on any atom is 0.287 e. The van der Waals surface area contributed by atoms with Crippen LogP contribution >= 0.6 is 0 Å². The number of benzene rings is 1. The second kappa shape index (κ2) is 8.55. The molecule has 0 atom stereocenters. The number of rotatable bonds is 7. The van der Waals surface area contributed by atoms with Crippen molar-refractivity contribution in [2.75, 3.05) is 0 Å². The van der Waals surface area contributed by atoms with Crippen molar-refractivity contribution in [3.63, 3.8) is 0 Å². The van der Waals surface area contributed by atoms with Gasteiger partial charge < -0.3 is 14.5 Å². The number of amides is 1. The first-order chi connectivity index (χ1) is 13.8. The van der Waals surface area contributed by atoms with Gasteiger partial charge in [0.05, 0.1) is 5.69 Å². The number of hydrogen-bond donors (Lipinski definition) is 1. The standard InChI is InChI=1S/C23H29N3O3/c1-14(2)19-9-7-15(3)11-22(19)28-13-18-8-10-21(29-18)23(27)24-12-20-16(4)25-26(6)17(20)5/h7-11,14H,12-13H2,1-6H3,(H,24,27). The first-order valence-electron chi connectivity index (χ1n) is 9.85. The number of nitrogens with one attached hydrogen (secondary N) is 1. The summed E-state index contributed by atoms with van der Waals surface area (Å²) in [4.78, 5) is 12.5. The van der Waals surface area contributed by atoms with Crippen molar-refractivity contribution >= 4 is 5.91 Å². The molecule has 0 fully saturated rings. The van der Waals surface area contributed by atoms with Crippen LogP contribution in [0.3, 0.4) is 0 Å². The van der Waals surface area contributed by atoms with E-state index in [1.165, 1.54) is 0 Å². The number of hydrogen-bond acceptors (Lipinski definition) is 4. The van der Waals surface area contributed by atoms with E-state index in [1.54, 1.807) is 12.1 Å². The third kappa shape index (κ3) is 4.70.